The number of aliphatic carboxylic acids is 1. The molecule has 0 aliphatic carbocycles. The fraction of sp³-hybridized carbons (Fsp3) is 0.231. The van der Waals surface area contributed by atoms with Crippen LogP contribution in [0.25, 0.3) is 6.08 Å². The van der Waals surface area contributed by atoms with Crippen molar-refractivity contribution in [2.45, 2.75) is 13.8 Å². The molecule has 1 amide bonds. The lowest BCUT2D eigenvalue weighted by atomic mass is 10.1. The first-order chi connectivity index (χ1) is 8.52. The van der Waals surface area contributed by atoms with E-state index >= 15 is 0 Å². The molecule has 1 aromatic carbocycles. The summed E-state index contributed by atoms with van der Waals surface area (Å²) in [6.07, 6.45) is 2.51. The molecule has 0 aliphatic heterocycles. The fourth-order valence-corrected chi connectivity index (χ4v) is 1.38. The van der Waals surface area contributed by atoms with E-state index in [9.17, 15) is 9.59 Å². The van der Waals surface area contributed by atoms with Crippen LogP contribution in [-0.2, 0) is 9.59 Å². The monoisotopic (exact) mass is 249 g/mol. The van der Waals surface area contributed by atoms with Gasteiger partial charge in [-0.2, -0.15) is 0 Å². The number of ether oxygens (including phenoxy) is 1. The van der Waals surface area contributed by atoms with Gasteiger partial charge in [0.1, 0.15) is 5.75 Å². The first-order valence-electron chi connectivity index (χ1n) is 5.48. The summed E-state index contributed by atoms with van der Waals surface area (Å²) in [5.41, 5.74) is 1.26. The molecule has 5 heteroatoms. The third kappa shape index (κ3) is 4.29. The Bertz CT molecular complexity index is 480. The first-order valence-corrected chi connectivity index (χ1v) is 5.48. The van der Waals surface area contributed by atoms with E-state index in [1.165, 1.54) is 13.0 Å². The number of carbonyl (C=O) groups excluding carboxylic acids is 1. The van der Waals surface area contributed by atoms with Crippen molar-refractivity contribution in [3.63, 3.8) is 0 Å². The minimum absolute atomic E-state index is 0.190. The predicted octanol–water partition coefficient (Wildman–Crippen LogP) is 2.14. The van der Waals surface area contributed by atoms with Crippen LogP contribution in [0, 0.1) is 0 Å². The normalized spacial score (nSPS) is 10.3. The van der Waals surface area contributed by atoms with E-state index in [2.05, 4.69) is 5.32 Å². The van der Waals surface area contributed by atoms with E-state index < -0.39 is 5.97 Å². The number of amides is 1. The molecule has 0 unspecified atom stereocenters. The van der Waals surface area contributed by atoms with E-state index in [1.807, 2.05) is 6.92 Å². The number of carboxylic acids is 1. The standard InChI is InChI=1S/C13H15NO4/c1-3-18-12-8-10(5-7-13(16)17)4-6-11(12)14-9(2)15/h4-8H,3H2,1-2H3,(H,14,15)(H,16,17). The van der Waals surface area contributed by atoms with Gasteiger partial charge < -0.3 is 15.2 Å². The van der Waals surface area contributed by atoms with Crippen LogP contribution in [0.1, 0.15) is 19.4 Å². The second-order valence-corrected chi connectivity index (χ2v) is 3.54. The predicted molar refractivity (Wildman–Crippen MR) is 68.6 cm³/mol. The van der Waals surface area contributed by atoms with Gasteiger partial charge in [-0.15, -0.1) is 0 Å². The summed E-state index contributed by atoms with van der Waals surface area (Å²) in [6.45, 7) is 3.70. The van der Waals surface area contributed by atoms with Crippen LogP contribution < -0.4 is 10.1 Å². The van der Waals surface area contributed by atoms with Gasteiger partial charge in [0.15, 0.2) is 0 Å². The third-order valence-electron chi connectivity index (χ3n) is 2.03. The average Bonchev–Trinajstić information content (AvgIpc) is 2.29. The van der Waals surface area contributed by atoms with Crippen molar-refractivity contribution >= 4 is 23.6 Å². The molecule has 2 N–H and O–H groups in total. The second kappa shape index (κ2) is 6.44. The zero-order valence-corrected chi connectivity index (χ0v) is 10.3. The van der Waals surface area contributed by atoms with Crippen molar-refractivity contribution in [3.05, 3.63) is 29.8 Å². The molecule has 0 spiro atoms. The number of nitrogens with one attached hydrogen (secondary N) is 1. The highest BCUT2D eigenvalue weighted by Crippen LogP contribution is 2.26. The average molecular weight is 249 g/mol. The quantitative estimate of drug-likeness (QED) is 0.784. The van der Waals surface area contributed by atoms with Gasteiger partial charge in [-0.1, -0.05) is 6.07 Å². The van der Waals surface area contributed by atoms with Crippen LogP contribution in [0.15, 0.2) is 24.3 Å². The number of rotatable bonds is 5. The van der Waals surface area contributed by atoms with Gasteiger partial charge in [-0.3, -0.25) is 4.79 Å². The summed E-state index contributed by atoms with van der Waals surface area (Å²) in [5.74, 6) is -0.691. The smallest absolute Gasteiger partial charge is 0.328 e. The van der Waals surface area contributed by atoms with Gasteiger partial charge in [0.05, 0.1) is 12.3 Å². The highest BCUT2D eigenvalue weighted by molar-refractivity contribution is 5.91. The Morgan fingerprint density at radius 1 is 1.44 bits per heavy atom. The second-order valence-electron chi connectivity index (χ2n) is 3.54. The highest BCUT2D eigenvalue weighted by Gasteiger charge is 2.05. The molecular formula is C13H15NO4. The van der Waals surface area contributed by atoms with Crippen molar-refractivity contribution in [2.75, 3.05) is 11.9 Å². The maximum absolute atomic E-state index is 11.0. The number of hydrogen-bond donors (Lipinski definition) is 2. The molecule has 0 radical (unpaired) electrons. The molecule has 0 aromatic heterocycles. The minimum atomic E-state index is -1.01. The fourth-order valence-electron chi connectivity index (χ4n) is 1.38. The van der Waals surface area contributed by atoms with Gasteiger partial charge in [0.2, 0.25) is 5.91 Å². The van der Waals surface area contributed by atoms with E-state index in [-0.39, 0.29) is 5.91 Å². The molecule has 18 heavy (non-hydrogen) atoms. The van der Waals surface area contributed by atoms with Crippen molar-refractivity contribution in [1.82, 2.24) is 0 Å². The topological polar surface area (TPSA) is 75.6 Å². The Balaban J connectivity index is 3.02. The van der Waals surface area contributed by atoms with Gasteiger partial charge in [-0.25, -0.2) is 4.79 Å². The zero-order valence-electron chi connectivity index (χ0n) is 10.3. The van der Waals surface area contributed by atoms with Gasteiger partial charge in [-0.05, 0) is 30.7 Å². The largest absolute Gasteiger partial charge is 0.492 e. The molecule has 0 atom stereocenters. The van der Waals surface area contributed by atoms with Gasteiger partial charge in [0, 0.05) is 13.0 Å². The number of benzene rings is 1. The van der Waals surface area contributed by atoms with Crippen LogP contribution in [-0.4, -0.2) is 23.6 Å². The highest BCUT2D eigenvalue weighted by atomic mass is 16.5. The maximum atomic E-state index is 11.0. The molecule has 0 saturated carbocycles. The van der Waals surface area contributed by atoms with Crippen molar-refractivity contribution in [2.24, 2.45) is 0 Å². The van der Waals surface area contributed by atoms with Crippen LogP contribution in [0.5, 0.6) is 5.75 Å². The molecular weight excluding hydrogens is 234 g/mol. The molecule has 0 aliphatic rings. The molecule has 96 valence electrons. The van der Waals surface area contributed by atoms with Crippen molar-refractivity contribution < 1.29 is 19.4 Å². The molecule has 1 rings (SSSR count). The summed E-state index contributed by atoms with van der Waals surface area (Å²) in [7, 11) is 0. The Morgan fingerprint density at radius 3 is 2.72 bits per heavy atom. The maximum Gasteiger partial charge on any atom is 0.328 e. The van der Waals surface area contributed by atoms with Gasteiger partial charge in [0.25, 0.3) is 0 Å². The summed E-state index contributed by atoms with van der Waals surface area (Å²) in [6, 6.07) is 5.05. The van der Waals surface area contributed by atoms with Gasteiger partial charge >= 0.3 is 5.97 Å². The van der Waals surface area contributed by atoms with Crippen LogP contribution in [0.4, 0.5) is 5.69 Å². The van der Waals surface area contributed by atoms with E-state index in [4.69, 9.17) is 9.84 Å². The molecule has 0 bridgehead atoms. The van der Waals surface area contributed by atoms with E-state index in [0.717, 1.165) is 6.08 Å². The number of carbonyl (C=O) groups is 2. The zero-order chi connectivity index (χ0) is 13.5. The molecule has 5 nitrogen and oxygen atoms in total. The number of anilines is 1. The lowest BCUT2D eigenvalue weighted by molar-refractivity contribution is -0.131. The molecule has 0 saturated heterocycles. The van der Waals surface area contributed by atoms with Crippen LogP contribution in [0.2, 0.25) is 0 Å². The molecule has 1 aromatic rings. The third-order valence-corrected chi connectivity index (χ3v) is 2.03. The van der Waals surface area contributed by atoms with Crippen molar-refractivity contribution in [3.8, 4) is 5.75 Å². The summed E-state index contributed by atoms with van der Waals surface area (Å²) < 4.78 is 5.39. The first kappa shape index (κ1) is 13.8. The minimum Gasteiger partial charge on any atom is -0.492 e. The summed E-state index contributed by atoms with van der Waals surface area (Å²) in [5, 5.41) is 11.2. The summed E-state index contributed by atoms with van der Waals surface area (Å²) >= 11 is 0. The Hall–Kier alpha value is -2.30. The van der Waals surface area contributed by atoms with Crippen LogP contribution in [0.3, 0.4) is 0 Å². The molecule has 0 fully saturated rings. The Kier molecular flexibility index (Phi) is 4.92. The number of carboxylic acid groups (broad SMARTS) is 1. The van der Waals surface area contributed by atoms with E-state index in [1.54, 1.807) is 18.2 Å². The summed E-state index contributed by atoms with van der Waals surface area (Å²) in [4.78, 5) is 21.4. The lowest BCUT2D eigenvalue weighted by Gasteiger charge is -2.11. The van der Waals surface area contributed by atoms with Crippen molar-refractivity contribution in [1.29, 1.82) is 0 Å². The Labute approximate surface area is 105 Å². The molecule has 0 heterocycles. The Morgan fingerprint density at radius 2 is 2.17 bits per heavy atom. The van der Waals surface area contributed by atoms with E-state index in [0.29, 0.717) is 23.6 Å². The lowest BCUT2D eigenvalue weighted by Crippen LogP contribution is -2.08. The number of hydrogen-bond acceptors (Lipinski definition) is 3. The SMILES string of the molecule is CCOc1cc(C=CC(=O)O)ccc1NC(C)=O. The van der Waals surface area contributed by atoms with Crippen LogP contribution >= 0.6 is 0 Å².